The smallest absolute Gasteiger partial charge is 0.254 e. The molecule has 0 spiro atoms. The summed E-state index contributed by atoms with van der Waals surface area (Å²) >= 11 is 1.56. The van der Waals surface area contributed by atoms with E-state index in [1.165, 1.54) is 17.7 Å². The maximum absolute atomic E-state index is 13.4. The second-order valence-corrected chi connectivity index (χ2v) is 12.6. The van der Waals surface area contributed by atoms with Crippen LogP contribution in [-0.2, 0) is 22.4 Å². The number of rotatable bonds is 8. The number of fused-ring (bicyclic) bond motifs is 1. The Morgan fingerprint density at radius 3 is 2.70 bits per heavy atom. The van der Waals surface area contributed by atoms with E-state index >= 15 is 0 Å². The molecule has 3 aliphatic carbocycles. The zero-order chi connectivity index (χ0) is 25.7. The lowest BCUT2D eigenvalue weighted by Crippen LogP contribution is -2.40. The minimum Gasteiger partial charge on any atom is -0.352 e. The van der Waals surface area contributed by atoms with E-state index in [-0.39, 0.29) is 35.2 Å². The standard InChI is InChI=1S/C26H35N7O3S/c1-15(34)32-10-9-26(2,13-32)30-25-31-28-14-33(25)18-7-8-20-19(11-18)21(23(36)27-12-16-3-4-16)24(37-20)29-22(35)17-5-6-17/h14,16-18H,3-13H2,1-2H3,(H,27,36)(H,29,35)(H,30,31)/t18-,26-/m0/s1. The molecule has 0 radical (unpaired) electrons. The fourth-order valence-corrected chi connectivity index (χ4v) is 6.78. The molecule has 6 rings (SSSR count). The molecule has 0 unspecified atom stereocenters. The molecular formula is C26H35N7O3S. The van der Waals surface area contributed by atoms with Gasteiger partial charge in [0.25, 0.3) is 5.91 Å². The first-order valence-electron chi connectivity index (χ1n) is 13.5. The van der Waals surface area contributed by atoms with Crippen LogP contribution in [0, 0.1) is 11.8 Å². The molecule has 2 saturated carbocycles. The summed E-state index contributed by atoms with van der Waals surface area (Å²) in [7, 11) is 0. The number of amides is 3. The number of carbonyl (C=O) groups excluding carboxylic acids is 3. The molecule has 2 aromatic rings. The highest BCUT2D eigenvalue weighted by molar-refractivity contribution is 7.17. The number of hydrogen-bond acceptors (Lipinski definition) is 7. The Bertz CT molecular complexity index is 1230. The summed E-state index contributed by atoms with van der Waals surface area (Å²) in [5.74, 6) is 1.38. The van der Waals surface area contributed by atoms with Gasteiger partial charge < -0.3 is 20.9 Å². The van der Waals surface area contributed by atoms with Crippen molar-refractivity contribution in [3.8, 4) is 0 Å². The highest BCUT2D eigenvalue weighted by Gasteiger charge is 2.38. The van der Waals surface area contributed by atoms with Gasteiger partial charge in [0.15, 0.2) is 0 Å². The zero-order valence-electron chi connectivity index (χ0n) is 21.5. The number of hydrogen-bond donors (Lipinski definition) is 3. The second-order valence-electron chi connectivity index (χ2n) is 11.5. The highest BCUT2D eigenvalue weighted by Crippen LogP contribution is 2.43. The molecule has 2 aromatic heterocycles. The molecule has 2 atom stereocenters. The van der Waals surface area contributed by atoms with Crippen LogP contribution in [0.3, 0.4) is 0 Å². The Balaban J connectivity index is 1.23. The van der Waals surface area contributed by atoms with Crippen molar-refractivity contribution in [1.29, 1.82) is 0 Å². The molecule has 11 heteroatoms. The molecule has 198 valence electrons. The first kappa shape index (κ1) is 24.4. The van der Waals surface area contributed by atoms with Crippen LogP contribution in [0.5, 0.6) is 0 Å². The number of carbonyl (C=O) groups is 3. The number of aromatic nitrogens is 3. The molecule has 37 heavy (non-hydrogen) atoms. The van der Waals surface area contributed by atoms with Gasteiger partial charge in [-0.15, -0.1) is 21.5 Å². The van der Waals surface area contributed by atoms with Crippen molar-refractivity contribution < 1.29 is 14.4 Å². The van der Waals surface area contributed by atoms with Crippen LogP contribution in [0.2, 0.25) is 0 Å². The fourth-order valence-electron chi connectivity index (χ4n) is 5.54. The molecule has 1 aliphatic heterocycles. The summed E-state index contributed by atoms with van der Waals surface area (Å²) in [6, 6.07) is 0.0930. The van der Waals surface area contributed by atoms with Crippen LogP contribution in [0.1, 0.15) is 79.2 Å². The molecular weight excluding hydrogens is 490 g/mol. The van der Waals surface area contributed by atoms with Gasteiger partial charge in [0.05, 0.1) is 11.1 Å². The topological polar surface area (TPSA) is 121 Å². The van der Waals surface area contributed by atoms with Gasteiger partial charge in [-0.2, -0.15) is 0 Å². The average Bonchev–Trinajstić information content (AvgIpc) is 3.77. The van der Waals surface area contributed by atoms with E-state index < -0.39 is 0 Å². The van der Waals surface area contributed by atoms with Crippen LogP contribution in [0.4, 0.5) is 10.9 Å². The molecule has 0 bridgehead atoms. The number of likely N-dealkylation sites (tertiary alicyclic amines) is 1. The molecule has 0 aromatic carbocycles. The molecule has 3 heterocycles. The van der Waals surface area contributed by atoms with Crippen molar-refractivity contribution in [1.82, 2.24) is 25.0 Å². The van der Waals surface area contributed by atoms with Crippen molar-refractivity contribution in [3.63, 3.8) is 0 Å². The third-order valence-corrected chi connectivity index (χ3v) is 9.40. The Morgan fingerprint density at radius 1 is 1.19 bits per heavy atom. The number of thiophene rings is 1. The lowest BCUT2D eigenvalue weighted by Gasteiger charge is -2.29. The van der Waals surface area contributed by atoms with Crippen LogP contribution >= 0.6 is 11.3 Å². The van der Waals surface area contributed by atoms with Gasteiger partial charge >= 0.3 is 0 Å². The van der Waals surface area contributed by atoms with E-state index in [4.69, 9.17) is 0 Å². The first-order valence-corrected chi connectivity index (χ1v) is 14.3. The predicted octanol–water partition coefficient (Wildman–Crippen LogP) is 2.98. The molecule has 1 saturated heterocycles. The number of nitrogens with zero attached hydrogens (tertiary/aromatic N) is 4. The van der Waals surface area contributed by atoms with Crippen molar-refractivity contribution in [2.75, 3.05) is 30.3 Å². The maximum atomic E-state index is 13.4. The van der Waals surface area contributed by atoms with Gasteiger partial charge in [-0.25, -0.2) is 0 Å². The minimum atomic E-state index is -0.271. The molecule has 4 aliphatic rings. The number of nitrogens with one attached hydrogen (secondary N) is 3. The second kappa shape index (κ2) is 9.41. The Labute approximate surface area is 220 Å². The summed E-state index contributed by atoms with van der Waals surface area (Å²) in [5, 5.41) is 19.0. The quantitative estimate of drug-likeness (QED) is 0.487. The van der Waals surface area contributed by atoms with Crippen molar-refractivity contribution in [3.05, 3.63) is 22.3 Å². The summed E-state index contributed by atoms with van der Waals surface area (Å²) < 4.78 is 2.08. The SMILES string of the molecule is CC(=O)N1CC[C@](C)(Nc2nncn2[C@H]2CCc3sc(NC(=O)C4CC4)c(C(=O)NCC4CC4)c3C2)C1. The van der Waals surface area contributed by atoms with Crippen LogP contribution in [-0.4, -0.2) is 62.6 Å². The van der Waals surface area contributed by atoms with E-state index in [1.807, 2.05) is 4.90 Å². The number of anilines is 2. The summed E-state index contributed by atoms with van der Waals surface area (Å²) in [4.78, 5) is 40.9. The van der Waals surface area contributed by atoms with Crippen LogP contribution in [0.15, 0.2) is 6.33 Å². The Morgan fingerprint density at radius 2 is 2.00 bits per heavy atom. The summed E-state index contributed by atoms with van der Waals surface area (Å²) in [6.45, 7) is 5.77. The van der Waals surface area contributed by atoms with Gasteiger partial charge in [-0.1, -0.05) is 0 Å². The largest absolute Gasteiger partial charge is 0.352 e. The van der Waals surface area contributed by atoms with Crippen molar-refractivity contribution in [2.24, 2.45) is 11.8 Å². The maximum Gasteiger partial charge on any atom is 0.254 e. The Hall–Kier alpha value is -2.95. The summed E-state index contributed by atoms with van der Waals surface area (Å²) in [6.07, 6.45) is 9.20. The lowest BCUT2D eigenvalue weighted by atomic mass is 9.91. The molecule has 3 N–H and O–H groups in total. The fraction of sp³-hybridized carbons (Fsp3) is 0.654. The van der Waals surface area contributed by atoms with E-state index in [1.54, 1.807) is 24.6 Å². The van der Waals surface area contributed by atoms with Crippen molar-refractivity contribution in [2.45, 2.75) is 76.8 Å². The number of aryl methyl sites for hydroxylation is 1. The van der Waals surface area contributed by atoms with E-state index in [2.05, 4.69) is 37.6 Å². The summed E-state index contributed by atoms with van der Waals surface area (Å²) in [5.41, 5.74) is 1.41. The van der Waals surface area contributed by atoms with E-state index in [0.29, 0.717) is 41.9 Å². The zero-order valence-corrected chi connectivity index (χ0v) is 22.3. The van der Waals surface area contributed by atoms with E-state index in [0.717, 1.165) is 44.2 Å². The first-order chi connectivity index (χ1) is 17.8. The molecule has 10 nitrogen and oxygen atoms in total. The monoisotopic (exact) mass is 525 g/mol. The molecule has 3 amide bonds. The van der Waals surface area contributed by atoms with Crippen LogP contribution < -0.4 is 16.0 Å². The third-order valence-electron chi connectivity index (χ3n) is 8.19. The third kappa shape index (κ3) is 5.10. The Kier molecular flexibility index (Phi) is 6.21. The van der Waals surface area contributed by atoms with Gasteiger partial charge in [-0.05, 0) is 69.8 Å². The van der Waals surface area contributed by atoms with Gasteiger partial charge in [0, 0.05) is 43.4 Å². The average molecular weight is 526 g/mol. The van der Waals surface area contributed by atoms with Crippen LogP contribution in [0.25, 0.3) is 0 Å². The van der Waals surface area contributed by atoms with Gasteiger partial charge in [0.2, 0.25) is 17.8 Å². The van der Waals surface area contributed by atoms with Gasteiger partial charge in [-0.3, -0.25) is 19.0 Å². The minimum absolute atomic E-state index is 0.0288. The predicted molar refractivity (Wildman–Crippen MR) is 141 cm³/mol. The normalized spacial score (nSPS) is 25.0. The lowest BCUT2D eigenvalue weighted by molar-refractivity contribution is -0.127. The van der Waals surface area contributed by atoms with Gasteiger partial charge in [0.1, 0.15) is 11.3 Å². The molecule has 3 fully saturated rings. The highest BCUT2D eigenvalue weighted by atomic mass is 32.1. The van der Waals surface area contributed by atoms with Crippen molar-refractivity contribution >= 4 is 40.0 Å². The van der Waals surface area contributed by atoms with E-state index in [9.17, 15) is 14.4 Å².